The SMILES string of the molecule is CCC1(C)OC(c2ccc(S(C)(=O)=O)cc2)=C(c2cccc(C(C)=O)c2)C1=O. The summed E-state index contributed by atoms with van der Waals surface area (Å²) in [5.74, 6) is 0.152. The second-order valence-corrected chi connectivity index (χ2v) is 9.17. The van der Waals surface area contributed by atoms with E-state index < -0.39 is 15.4 Å². The Kier molecular flexibility index (Phi) is 5.02. The summed E-state index contributed by atoms with van der Waals surface area (Å²) in [6.45, 7) is 5.08. The zero-order valence-electron chi connectivity index (χ0n) is 16.3. The zero-order chi connectivity index (χ0) is 20.7. The van der Waals surface area contributed by atoms with E-state index in [2.05, 4.69) is 0 Å². The van der Waals surface area contributed by atoms with Crippen molar-refractivity contribution in [2.45, 2.75) is 37.7 Å². The summed E-state index contributed by atoms with van der Waals surface area (Å²) >= 11 is 0. The maximum absolute atomic E-state index is 13.2. The lowest BCUT2D eigenvalue weighted by molar-refractivity contribution is -0.126. The molecule has 0 aliphatic carbocycles. The van der Waals surface area contributed by atoms with E-state index in [1.165, 1.54) is 19.1 Å². The average molecular weight is 398 g/mol. The molecule has 1 aliphatic rings. The number of Topliss-reactive ketones (excluding diaryl/α,β-unsaturated/α-hetero) is 2. The quantitative estimate of drug-likeness (QED) is 0.713. The highest BCUT2D eigenvalue weighted by molar-refractivity contribution is 7.90. The van der Waals surface area contributed by atoms with Crippen LogP contribution in [0.3, 0.4) is 0 Å². The molecule has 6 heteroatoms. The summed E-state index contributed by atoms with van der Waals surface area (Å²) in [5.41, 5.74) is 1.12. The van der Waals surface area contributed by atoms with Crippen LogP contribution >= 0.6 is 0 Å². The van der Waals surface area contributed by atoms with Crippen LogP contribution in [0.2, 0.25) is 0 Å². The van der Waals surface area contributed by atoms with Gasteiger partial charge < -0.3 is 4.74 Å². The first kappa shape index (κ1) is 20.0. The first-order valence-electron chi connectivity index (χ1n) is 8.97. The molecule has 1 heterocycles. The van der Waals surface area contributed by atoms with Gasteiger partial charge in [0.25, 0.3) is 0 Å². The Labute approximate surface area is 165 Å². The molecular formula is C22H22O5S. The number of ketones is 2. The van der Waals surface area contributed by atoms with Gasteiger partial charge in [0.1, 0.15) is 5.76 Å². The van der Waals surface area contributed by atoms with Crippen molar-refractivity contribution in [3.63, 3.8) is 0 Å². The van der Waals surface area contributed by atoms with Gasteiger partial charge in [-0.25, -0.2) is 8.42 Å². The highest BCUT2D eigenvalue weighted by atomic mass is 32.2. The normalized spacial score (nSPS) is 19.6. The van der Waals surface area contributed by atoms with Crippen LogP contribution in [0.4, 0.5) is 0 Å². The van der Waals surface area contributed by atoms with Gasteiger partial charge in [0.2, 0.25) is 5.78 Å². The molecular weight excluding hydrogens is 376 g/mol. The number of sulfone groups is 1. The number of rotatable bonds is 5. The molecule has 0 radical (unpaired) electrons. The van der Waals surface area contributed by atoms with Crippen LogP contribution in [0.5, 0.6) is 0 Å². The maximum atomic E-state index is 13.2. The predicted molar refractivity (Wildman–Crippen MR) is 108 cm³/mol. The first-order chi connectivity index (χ1) is 13.1. The number of hydrogen-bond donors (Lipinski definition) is 0. The molecule has 28 heavy (non-hydrogen) atoms. The summed E-state index contributed by atoms with van der Waals surface area (Å²) < 4.78 is 29.5. The van der Waals surface area contributed by atoms with E-state index in [-0.39, 0.29) is 16.5 Å². The fourth-order valence-electron chi connectivity index (χ4n) is 3.14. The van der Waals surface area contributed by atoms with E-state index in [1.807, 2.05) is 6.92 Å². The van der Waals surface area contributed by atoms with Gasteiger partial charge >= 0.3 is 0 Å². The van der Waals surface area contributed by atoms with E-state index >= 15 is 0 Å². The van der Waals surface area contributed by atoms with Gasteiger partial charge in [-0.1, -0.05) is 25.1 Å². The second kappa shape index (κ2) is 7.02. The fourth-order valence-corrected chi connectivity index (χ4v) is 3.77. The lowest BCUT2D eigenvalue weighted by atomic mass is 9.89. The Bertz CT molecular complexity index is 1090. The lowest BCUT2D eigenvalue weighted by Crippen LogP contribution is -2.32. The van der Waals surface area contributed by atoms with Crippen LogP contribution in [-0.2, 0) is 19.4 Å². The Morgan fingerprint density at radius 2 is 1.71 bits per heavy atom. The number of ether oxygens (including phenoxy) is 1. The molecule has 1 atom stereocenters. The standard InChI is InChI=1S/C22H22O5S/c1-5-22(3)21(24)19(17-8-6-7-16(13-17)14(2)23)20(27-22)15-9-11-18(12-10-15)28(4,25)26/h6-13H,5H2,1-4H3. The van der Waals surface area contributed by atoms with E-state index in [0.29, 0.717) is 34.4 Å². The monoisotopic (exact) mass is 398 g/mol. The lowest BCUT2D eigenvalue weighted by Gasteiger charge is -2.21. The summed E-state index contributed by atoms with van der Waals surface area (Å²) in [5, 5.41) is 0. The van der Waals surface area contributed by atoms with Crippen LogP contribution in [0, 0.1) is 0 Å². The highest BCUT2D eigenvalue weighted by Crippen LogP contribution is 2.43. The van der Waals surface area contributed by atoms with Gasteiger partial charge in [-0.3, -0.25) is 9.59 Å². The number of carbonyl (C=O) groups excluding carboxylic acids is 2. The largest absolute Gasteiger partial charge is 0.478 e. The van der Waals surface area contributed by atoms with Crippen molar-refractivity contribution in [2.75, 3.05) is 6.26 Å². The molecule has 2 aromatic carbocycles. The van der Waals surface area contributed by atoms with Crippen LogP contribution in [-0.4, -0.2) is 31.8 Å². The zero-order valence-corrected chi connectivity index (χ0v) is 17.1. The molecule has 146 valence electrons. The van der Waals surface area contributed by atoms with Gasteiger partial charge in [-0.15, -0.1) is 0 Å². The van der Waals surface area contributed by atoms with Crippen molar-refractivity contribution in [1.82, 2.24) is 0 Å². The van der Waals surface area contributed by atoms with Gasteiger partial charge in [0.05, 0.1) is 10.5 Å². The maximum Gasteiger partial charge on any atom is 0.210 e. The average Bonchev–Trinajstić information content (AvgIpc) is 2.93. The molecule has 0 spiro atoms. The van der Waals surface area contributed by atoms with Crippen LogP contribution in [0.1, 0.15) is 48.7 Å². The Hall–Kier alpha value is -2.73. The minimum Gasteiger partial charge on any atom is -0.478 e. The van der Waals surface area contributed by atoms with Gasteiger partial charge in [0, 0.05) is 17.4 Å². The molecule has 0 saturated carbocycles. The minimum absolute atomic E-state index is 0.0916. The van der Waals surface area contributed by atoms with E-state index in [4.69, 9.17) is 4.74 Å². The molecule has 0 amide bonds. The predicted octanol–water partition coefficient (Wildman–Crippen LogP) is 3.93. The number of hydrogen-bond acceptors (Lipinski definition) is 5. The van der Waals surface area contributed by atoms with E-state index in [9.17, 15) is 18.0 Å². The number of benzene rings is 2. The van der Waals surface area contributed by atoms with E-state index in [0.717, 1.165) is 6.26 Å². The molecule has 0 saturated heterocycles. The van der Waals surface area contributed by atoms with Crippen molar-refractivity contribution in [3.05, 3.63) is 65.2 Å². The Morgan fingerprint density at radius 3 is 2.25 bits per heavy atom. The summed E-state index contributed by atoms with van der Waals surface area (Å²) in [6, 6.07) is 13.2. The first-order valence-corrected chi connectivity index (χ1v) is 10.9. The molecule has 5 nitrogen and oxygen atoms in total. The smallest absolute Gasteiger partial charge is 0.210 e. The minimum atomic E-state index is -3.32. The summed E-state index contributed by atoms with van der Waals surface area (Å²) in [4.78, 5) is 25.2. The molecule has 0 fully saturated rings. The third kappa shape index (κ3) is 3.52. The van der Waals surface area contributed by atoms with Gasteiger partial charge in [0.15, 0.2) is 21.2 Å². The van der Waals surface area contributed by atoms with Crippen LogP contribution in [0.15, 0.2) is 53.4 Å². The van der Waals surface area contributed by atoms with Gasteiger partial charge in [-0.2, -0.15) is 0 Å². The van der Waals surface area contributed by atoms with Crippen molar-refractivity contribution in [1.29, 1.82) is 0 Å². The van der Waals surface area contributed by atoms with Crippen molar-refractivity contribution in [2.24, 2.45) is 0 Å². The second-order valence-electron chi connectivity index (χ2n) is 7.15. The molecule has 0 bridgehead atoms. The van der Waals surface area contributed by atoms with Crippen molar-refractivity contribution in [3.8, 4) is 0 Å². The molecule has 2 aromatic rings. The number of carbonyl (C=O) groups is 2. The molecule has 0 aromatic heterocycles. The molecule has 3 rings (SSSR count). The summed E-state index contributed by atoms with van der Waals surface area (Å²) in [6.07, 6.45) is 1.62. The van der Waals surface area contributed by atoms with E-state index in [1.54, 1.807) is 43.3 Å². The Morgan fingerprint density at radius 1 is 1.07 bits per heavy atom. The van der Waals surface area contributed by atoms with Crippen LogP contribution < -0.4 is 0 Å². The third-order valence-corrected chi connectivity index (χ3v) is 6.17. The molecule has 1 unspecified atom stereocenters. The Balaban J connectivity index is 2.19. The third-order valence-electron chi connectivity index (χ3n) is 5.04. The van der Waals surface area contributed by atoms with Crippen molar-refractivity contribution < 1.29 is 22.7 Å². The van der Waals surface area contributed by atoms with Crippen molar-refractivity contribution >= 4 is 32.7 Å². The highest BCUT2D eigenvalue weighted by Gasteiger charge is 2.45. The van der Waals surface area contributed by atoms with Gasteiger partial charge in [-0.05, 0) is 56.2 Å². The fraction of sp³-hybridized carbons (Fsp3) is 0.273. The molecule has 0 N–H and O–H groups in total. The van der Waals surface area contributed by atoms with Crippen LogP contribution in [0.25, 0.3) is 11.3 Å². The topological polar surface area (TPSA) is 77.5 Å². The summed E-state index contributed by atoms with van der Waals surface area (Å²) in [7, 11) is -3.32. The molecule has 1 aliphatic heterocycles.